The van der Waals surface area contributed by atoms with Gasteiger partial charge in [0.25, 0.3) is 0 Å². The number of methoxy groups -OCH3 is 1. The van der Waals surface area contributed by atoms with Crippen molar-refractivity contribution in [2.75, 3.05) is 13.7 Å². The molecule has 5 nitrogen and oxygen atoms in total. The number of nitrogens with one attached hydrogen (secondary N) is 2. The van der Waals surface area contributed by atoms with Crippen LogP contribution in [0.3, 0.4) is 0 Å². The molecule has 5 heteroatoms. The van der Waals surface area contributed by atoms with Crippen LogP contribution in [0.15, 0.2) is 54.6 Å². The fourth-order valence-electron chi connectivity index (χ4n) is 2.59. The smallest absolute Gasteiger partial charge is 0.225 e. The molecular weight excluding hydrogens is 340 g/mol. The Bertz CT molecular complexity index is 749. The van der Waals surface area contributed by atoms with Crippen molar-refractivity contribution in [3.63, 3.8) is 0 Å². The van der Waals surface area contributed by atoms with E-state index in [0.29, 0.717) is 6.54 Å². The predicted octanol–water partition coefficient (Wildman–Crippen LogP) is 3.45. The van der Waals surface area contributed by atoms with Gasteiger partial charge in [0, 0.05) is 18.4 Å². The maximum Gasteiger partial charge on any atom is 0.225 e. The minimum Gasteiger partial charge on any atom is -0.497 e. The highest BCUT2D eigenvalue weighted by atomic mass is 16.5. The lowest BCUT2D eigenvalue weighted by atomic mass is 9.96. The van der Waals surface area contributed by atoms with E-state index >= 15 is 0 Å². The van der Waals surface area contributed by atoms with E-state index < -0.39 is 5.41 Å². The van der Waals surface area contributed by atoms with E-state index in [1.165, 1.54) is 0 Å². The van der Waals surface area contributed by atoms with Crippen molar-refractivity contribution in [2.45, 2.75) is 33.2 Å². The molecule has 0 aliphatic rings. The maximum absolute atomic E-state index is 12.5. The Labute approximate surface area is 161 Å². The minimum atomic E-state index is -0.466. The van der Waals surface area contributed by atoms with E-state index in [1.807, 2.05) is 75.4 Å². The lowest BCUT2D eigenvalue weighted by Gasteiger charge is -2.21. The van der Waals surface area contributed by atoms with Crippen LogP contribution in [0.4, 0.5) is 0 Å². The van der Waals surface area contributed by atoms with Gasteiger partial charge in [-0.25, -0.2) is 0 Å². The summed E-state index contributed by atoms with van der Waals surface area (Å²) in [4.78, 5) is 24.4. The molecule has 0 aromatic heterocycles. The average Bonchev–Trinajstić information content (AvgIpc) is 2.66. The van der Waals surface area contributed by atoms with Crippen molar-refractivity contribution in [1.29, 1.82) is 0 Å². The van der Waals surface area contributed by atoms with Crippen LogP contribution in [-0.2, 0) is 9.59 Å². The van der Waals surface area contributed by atoms with Crippen LogP contribution in [-0.4, -0.2) is 25.5 Å². The van der Waals surface area contributed by atoms with E-state index in [2.05, 4.69) is 10.6 Å². The molecule has 0 heterocycles. The van der Waals surface area contributed by atoms with Crippen molar-refractivity contribution in [3.05, 3.63) is 65.7 Å². The summed E-state index contributed by atoms with van der Waals surface area (Å²) in [7, 11) is 1.62. The van der Waals surface area contributed by atoms with Crippen molar-refractivity contribution < 1.29 is 14.3 Å². The highest BCUT2D eigenvalue weighted by Crippen LogP contribution is 2.24. The number of hydrogen-bond acceptors (Lipinski definition) is 3. The van der Waals surface area contributed by atoms with Crippen molar-refractivity contribution in [1.82, 2.24) is 10.6 Å². The fourth-order valence-corrected chi connectivity index (χ4v) is 2.59. The Hall–Kier alpha value is -2.82. The van der Waals surface area contributed by atoms with Gasteiger partial charge in [0.2, 0.25) is 11.8 Å². The molecule has 2 N–H and O–H groups in total. The number of ether oxygens (including phenoxy) is 1. The Morgan fingerprint density at radius 2 is 1.56 bits per heavy atom. The van der Waals surface area contributed by atoms with Crippen molar-refractivity contribution in [3.8, 4) is 5.75 Å². The SMILES string of the molecule is COc1ccc(C(NC(=O)CCNC(=O)C(C)(C)C)c2ccccc2)cc1. The van der Waals surface area contributed by atoms with Crippen LogP contribution in [0.1, 0.15) is 44.4 Å². The molecular formula is C22H28N2O3. The minimum absolute atomic E-state index is 0.0648. The molecule has 0 aliphatic carbocycles. The summed E-state index contributed by atoms with van der Waals surface area (Å²) >= 11 is 0. The standard InChI is InChI=1S/C22H28N2O3/c1-22(2,3)21(26)23-15-14-19(25)24-20(16-8-6-5-7-9-16)17-10-12-18(27-4)13-11-17/h5-13,20H,14-15H2,1-4H3,(H,23,26)(H,24,25). The zero-order valence-electron chi connectivity index (χ0n) is 16.4. The summed E-state index contributed by atoms with van der Waals surface area (Å²) in [5, 5.41) is 5.87. The third kappa shape index (κ3) is 6.13. The first kappa shape index (κ1) is 20.5. The summed E-state index contributed by atoms with van der Waals surface area (Å²) in [5.41, 5.74) is 1.50. The first-order chi connectivity index (χ1) is 12.8. The van der Waals surface area contributed by atoms with E-state index in [9.17, 15) is 9.59 Å². The Morgan fingerprint density at radius 1 is 0.963 bits per heavy atom. The zero-order valence-corrected chi connectivity index (χ0v) is 16.4. The second-order valence-corrected chi connectivity index (χ2v) is 7.44. The predicted molar refractivity (Wildman–Crippen MR) is 107 cm³/mol. The van der Waals surface area contributed by atoms with Gasteiger partial charge in [-0.2, -0.15) is 0 Å². The van der Waals surface area contributed by atoms with Gasteiger partial charge in [-0.1, -0.05) is 63.2 Å². The number of amides is 2. The summed E-state index contributed by atoms with van der Waals surface area (Å²) in [6.45, 7) is 5.85. The Balaban J connectivity index is 2.06. The summed E-state index contributed by atoms with van der Waals surface area (Å²) in [6.07, 6.45) is 0.224. The second-order valence-electron chi connectivity index (χ2n) is 7.44. The van der Waals surface area contributed by atoms with Gasteiger partial charge in [-0.15, -0.1) is 0 Å². The van der Waals surface area contributed by atoms with Crippen LogP contribution < -0.4 is 15.4 Å². The topological polar surface area (TPSA) is 67.4 Å². The molecule has 1 unspecified atom stereocenters. The monoisotopic (exact) mass is 368 g/mol. The van der Waals surface area contributed by atoms with Gasteiger partial charge in [0.1, 0.15) is 5.75 Å². The van der Waals surface area contributed by atoms with Crippen LogP contribution in [0, 0.1) is 5.41 Å². The number of carbonyl (C=O) groups excluding carboxylic acids is 2. The first-order valence-electron chi connectivity index (χ1n) is 9.08. The number of carbonyl (C=O) groups is 2. The quantitative estimate of drug-likeness (QED) is 0.786. The van der Waals surface area contributed by atoms with Gasteiger partial charge in [0.05, 0.1) is 13.2 Å². The van der Waals surface area contributed by atoms with Gasteiger partial charge in [-0.3, -0.25) is 9.59 Å². The molecule has 0 radical (unpaired) electrons. The number of benzene rings is 2. The van der Waals surface area contributed by atoms with Crippen LogP contribution in [0.25, 0.3) is 0 Å². The molecule has 0 saturated heterocycles. The molecule has 2 aromatic carbocycles. The van der Waals surface area contributed by atoms with E-state index in [1.54, 1.807) is 7.11 Å². The van der Waals surface area contributed by atoms with Crippen LogP contribution >= 0.6 is 0 Å². The van der Waals surface area contributed by atoms with Gasteiger partial charge in [-0.05, 0) is 23.3 Å². The summed E-state index contributed by atoms with van der Waals surface area (Å²) in [5.74, 6) is 0.584. The maximum atomic E-state index is 12.5. The third-order valence-corrected chi connectivity index (χ3v) is 4.21. The molecule has 2 rings (SSSR count). The van der Waals surface area contributed by atoms with Crippen LogP contribution in [0.2, 0.25) is 0 Å². The van der Waals surface area contributed by atoms with E-state index in [0.717, 1.165) is 16.9 Å². The molecule has 0 saturated carbocycles. The highest BCUT2D eigenvalue weighted by Gasteiger charge is 2.21. The lowest BCUT2D eigenvalue weighted by molar-refractivity contribution is -0.128. The first-order valence-corrected chi connectivity index (χ1v) is 9.08. The third-order valence-electron chi connectivity index (χ3n) is 4.21. The van der Waals surface area contributed by atoms with Gasteiger partial charge in [0.15, 0.2) is 0 Å². The van der Waals surface area contributed by atoms with E-state index in [4.69, 9.17) is 4.74 Å². The lowest BCUT2D eigenvalue weighted by Crippen LogP contribution is -2.38. The zero-order chi connectivity index (χ0) is 19.9. The fraction of sp³-hybridized carbons (Fsp3) is 0.364. The highest BCUT2D eigenvalue weighted by molar-refractivity contribution is 5.82. The molecule has 0 aliphatic heterocycles. The van der Waals surface area contributed by atoms with Gasteiger partial charge >= 0.3 is 0 Å². The molecule has 0 fully saturated rings. The molecule has 0 spiro atoms. The van der Waals surface area contributed by atoms with Crippen molar-refractivity contribution >= 4 is 11.8 Å². The second kappa shape index (κ2) is 9.21. The Morgan fingerprint density at radius 3 is 2.11 bits per heavy atom. The summed E-state index contributed by atoms with van der Waals surface area (Å²) in [6, 6.07) is 17.2. The molecule has 144 valence electrons. The van der Waals surface area contributed by atoms with E-state index in [-0.39, 0.29) is 24.3 Å². The van der Waals surface area contributed by atoms with Crippen molar-refractivity contribution in [2.24, 2.45) is 5.41 Å². The summed E-state index contributed by atoms with van der Waals surface area (Å²) < 4.78 is 5.21. The Kier molecular flexibility index (Phi) is 6.99. The normalized spacial score (nSPS) is 12.1. The average molecular weight is 368 g/mol. The number of rotatable bonds is 7. The van der Waals surface area contributed by atoms with Crippen LogP contribution in [0.5, 0.6) is 5.75 Å². The van der Waals surface area contributed by atoms with Gasteiger partial charge < -0.3 is 15.4 Å². The molecule has 27 heavy (non-hydrogen) atoms. The molecule has 0 bridgehead atoms. The molecule has 2 amide bonds. The largest absolute Gasteiger partial charge is 0.497 e. The number of hydrogen-bond donors (Lipinski definition) is 2. The molecule has 2 aromatic rings. The molecule has 1 atom stereocenters.